The number of rotatable bonds is 5. The molecule has 114 valence electrons. The molecule has 0 saturated heterocycles. The summed E-state index contributed by atoms with van der Waals surface area (Å²) in [5.74, 6) is 2.44. The van der Waals surface area contributed by atoms with Gasteiger partial charge in [-0.3, -0.25) is 0 Å². The van der Waals surface area contributed by atoms with E-state index in [1.54, 1.807) is 0 Å². The summed E-state index contributed by atoms with van der Waals surface area (Å²) in [7, 11) is 0. The van der Waals surface area contributed by atoms with Gasteiger partial charge in [-0.05, 0) is 46.4 Å². The van der Waals surface area contributed by atoms with Crippen LogP contribution in [0.4, 0.5) is 5.69 Å². The van der Waals surface area contributed by atoms with E-state index >= 15 is 0 Å². The average Bonchev–Trinajstić information content (AvgIpc) is 2.81. The first-order valence-electron chi connectivity index (χ1n) is 7.21. The molecule has 0 radical (unpaired) electrons. The molecule has 0 aliphatic rings. The van der Waals surface area contributed by atoms with Crippen molar-refractivity contribution < 1.29 is 0 Å². The van der Waals surface area contributed by atoms with Crippen molar-refractivity contribution in [3.05, 3.63) is 22.7 Å². The maximum atomic E-state index is 5.91. The highest BCUT2D eigenvalue weighted by Gasteiger charge is 2.21. The second kappa shape index (κ2) is 6.56. The van der Waals surface area contributed by atoms with Gasteiger partial charge in [-0.1, -0.05) is 43.6 Å². The largest absolute Gasteiger partial charge is 0.399 e. The first kappa shape index (κ1) is 15.9. The van der Waals surface area contributed by atoms with E-state index in [4.69, 9.17) is 5.73 Å². The van der Waals surface area contributed by atoms with Gasteiger partial charge in [-0.15, -0.1) is 5.10 Å². The van der Waals surface area contributed by atoms with E-state index in [9.17, 15) is 0 Å². The molecular weight excluding hydrogens is 330 g/mol. The highest BCUT2D eigenvalue weighted by atomic mass is 79.9. The second-order valence-corrected chi connectivity index (χ2v) is 7.03. The molecule has 1 heterocycles. The van der Waals surface area contributed by atoms with Crippen LogP contribution in [0.15, 0.2) is 22.7 Å². The molecule has 5 nitrogen and oxygen atoms in total. The molecule has 2 aromatic rings. The fourth-order valence-corrected chi connectivity index (χ4v) is 3.18. The smallest absolute Gasteiger partial charge is 0.182 e. The first-order chi connectivity index (χ1) is 9.88. The van der Waals surface area contributed by atoms with Crippen LogP contribution in [0.25, 0.3) is 11.4 Å². The number of aromatic nitrogens is 4. The summed E-state index contributed by atoms with van der Waals surface area (Å²) >= 11 is 3.46. The third-order valence-electron chi connectivity index (χ3n) is 3.81. The van der Waals surface area contributed by atoms with Crippen LogP contribution < -0.4 is 5.73 Å². The van der Waals surface area contributed by atoms with Crippen molar-refractivity contribution in [2.45, 2.75) is 34.2 Å². The average molecular weight is 352 g/mol. The van der Waals surface area contributed by atoms with Crippen molar-refractivity contribution in [2.75, 3.05) is 5.73 Å². The van der Waals surface area contributed by atoms with Gasteiger partial charge in [-0.25, -0.2) is 4.68 Å². The van der Waals surface area contributed by atoms with E-state index in [0.717, 1.165) is 22.4 Å². The van der Waals surface area contributed by atoms with Crippen molar-refractivity contribution in [3.63, 3.8) is 0 Å². The molecule has 0 saturated carbocycles. The molecule has 21 heavy (non-hydrogen) atoms. The minimum atomic E-state index is 0.525. The molecule has 0 bridgehead atoms. The maximum Gasteiger partial charge on any atom is 0.182 e. The Hall–Kier alpha value is -1.43. The number of nitrogens with zero attached hydrogens (tertiary/aromatic N) is 4. The van der Waals surface area contributed by atoms with Gasteiger partial charge in [0.1, 0.15) is 0 Å². The number of tetrazole rings is 1. The van der Waals surface area contributed by atoms with Crippen LogP contribution in [-0.4, -0.2) is 20.2 Å². The van der Waals surface area contributed by atoms with Gasteiger partial charge in [-0.2, -0.15) is 0 Å². The van der Waals surface area contributed by atoms with Crippen molar-refractivity contribution in [3.8, 4) is 11.4 Å². The van der Waals surface area contributed by atoms with Gasteiger partial charge in [0.05, 0.1) is 0 Å². The van der Waals surface area contributed by atoms with Gasteiger partial charge in [0.25, 0.3) is 0 Å². The lowest BCUT2D eigenvalue weighted by atomic mass is 9.85. The Balaban J connectivity index is 2.34. The number of hydrogen-bond donors (Lipinski definition) is 1. The normalized spacial score (nSPS) is 11.8. The summed E-state index contributed by atoms with van der Waals surface area (Å²) in [6, 6.07) is 5.74. The Morgan fingerprint density at radius 1 is 1.14 bits per heavy atom. The summed E-state index contributed by atoms with van der Waals surface area (Å²) in [6.07, 6.45) is 0. The third kappa shape index (κ3) is 3.81. The molecule has 0 fully saturated rings. The number of halogens is 1. The monoisotopic (exact) mass is 351 g/mol. The number of nitrogens with two attached hydrogens (primary N) is 1. The van der Waals surface area contributed by atoms with Crippen molar-refractivity contribution in [1.29, 1.82) is 0 Å². The summed E-state index contributed by atoms with van der Waals surface area (Å²) in [4.78, 5) is 0. The van der Waals surface area contributed by atoms with E-state index in [1.165, 1.54) is 0 Å². The highest BCUT2D eigenvalue weighted by molar-refractivity contribution is 9.10. The van der Waals surface area contributed by atoms with Crippen LogP contribution in [0.5, 0.6) is 0 Å². The van der Waals surface area contributed by atoms with E-state index < -0.39 is 0 Å². The molecular formula is C15H22BrN5. The van der Waals surface area contributed by atoms with E-state index in [-0.39, 0.29) is 0 Å². The van der Waals surface area contributed by atoms with Crippen LogP contribution in [-0.2, 0) is 6.54 Å². The van der Waals surface area contributed by atoms with E-state index in [0.29, 0.717) is 23.4 Å². The molecule has 1 aromatic heterocycles. The molecule has 6 heteroatoms. The fourth-order valence-electron chi connectivity index (χ4n) is 2.67. The zero-order valence-corrected chi connectivity index (χ0v) is 14.5. The van der Waals surface area contributed by atoms with Crippen LogP contribution in [0.3, 0.4) is 0 Å². The zero-order valence-electron chi connectivity index (χ0n) is 12.9. The molecule has 0 amide bonds. The topological polar surface area (TPSA) is 69.6 Å². The maximum absolute atomic E-state index is 5.91. The minimum absolute atomic E-state index is 0.525. The van der Waals surface area contributed by atoms with Crippen molar-refractivity contribution in [1.82, 2.24) is 20.2 Å². The highest BCUT2D eigenvalue weighted by Crippen LogP contribution is 2.27. The van der Waals surface area contributed by atoms with Crippen molar-refractivity contribution in [2.24, 2.45) is 17.8 Å². The number of anilines is 1. The van der Waals surface area contributed by atoms with Gasteiger partial charge >= 0.3 is 0 Å². The van der Waals surface area contributed by atoms with Crippen LogP contribution in [0.1, 0.15) is 27.7 Å². The predicted octanol–water partition coefficient (Wildman–Crippen LogP) is 3.61. The third-order valence-corrected chi connectivity index (χ3v) is 4.26. The fraction of sp³-hybridized carbons (Fsp3) is 0.533. The molecule has 0 unspecified atom stereocenters. The van der Waals surface area contributed by atoms with Gasteiger partial charge in [0.2, 0.25) is 0 Å². The van der Waals surface area contributed by atoms with Crippen molar-refractivity contribution >= 4 is 21.6 Å². The quantitative estimate of drug-likeness (QED) is 0.835. The number of hydrogen-bond acceptors (Lipinski definition) is 4. The Morgan fingerprint density at radius 3 is 2.38 bits per heavy atom. The minimum Gasteiger partial charge on any atom is -0.399 e. The SMILES string of the molecule is CC(C)C(Cn1nnnc1-c1cc(N)cc(Br)c1)C(C)C. The molecule has 2 N–H and O–H groups in total. The summed E-state index contributed by atoms with van der Waals surface area (Å²) in [5, 5.41) is 12.2. The zero-order chi connectivity index (χ0) is 15.6. The predicted molar refractivity (Wildman–Crippen MR) is 88.5 cm³/mol. The lowest BCUT2D eigenvalue weighted by molar-refractivity contribution is 0.242. The summed E-state index contributed by atoms with van der Waals surface area (Å²) in [5.41, 5.74) is 7.53. The van der Waals surface area contributed by atoms with Crippen LogP contribution >= 0.6 is 15.9 Å². The Labute approximate surface area is 134 Å². The molecule has 0 atom stereocenters. The number of nitrogen functional groups attached to an aromatic ring is 1. The molecule has 1 aromatic carbocycles. The van der Waals surface area contributed by atoms with Gasteiger partial charge in [0.15, 0.2) is 5.82 Å². The molecule has 2 rings (SSSR count). The lowest BCUT2D eigenvalue weighted by Gasteiger charge is -2.24. The van der Waals surface area contributed by atoms with Gasteiger partial charge in [0, 0.05) is 22.3 Å². The standard InChI is InChI=1S/C15H22BrN5/c1-9(2)14(10(3)4)8-21-15(18-19-20-21)11-5-12(16)7-13(17)6-11/h5-7,9-10,14H,8,17H2,1-4H3. The first-order valence-corrected chi connectivity index (χ1v) is 8.00. The molecule has 0 aliphatic carbocycles. The van der Waals surface area contributed by atoms with Gasteiger partial charge < -0.3 is 5.73 Å². The second-order valence-electron chi connectivity index (χ2n) is 6.11. The molecule has 0 spiro atoms. The van der Waals surface area contributed by atoms with E-state index in [2.05, 4.69) is 59.2 Å². The Kier molecular flexibility index (Phi) is 4.98. The summed E-state index contributed by atoms with van der Waals surface area (Å²) in [6.45, 7) is 9.78. The Bertz CT molecular complexity index is 578. The van der Waals surface area contributed by atoms with E-state index in [1.807, 2.05) is 22.9 Å². The lowest BCUT2D eigenvalue weighted by Crippen LogP contribution is -2.23. The summed E-state index contributed by atoms with van der Waals surface area (Å²) < 4.78 is 2.81. The number of benzene rings is 1. The Morgan fingerprint density at radius 2 is 1.81 bits per heavy atom. The molecule has 0 aliphatic heterocycles. The van der Waals surface area contributed by atoms with Crippen LogP contribution in [0.2, 0.25) is 0 Å². The van der Waals surface area contributed by atoms with Crippen LogP contribution in [0, 0.1) is 17.8 Å².